The van der Waals surface area contributed by atoms with Gasteiger partial charge in [-0.15, -0.1) is 0 Å². The SMILES string of the molecule is O=C1CCN(S(=O)(=O)c2c(Cl)cc(Br)cc2Cl)CC1. The average Bonchev–Trinajstić information content (AvgIpc) is 2.27. The Balaban J connectivity index is 2.43. The van der Waals surface area contributed by atoms with Gasteiger partial charge in [0.25, 0.3) is 0 Å². The Labute approximate surface area is 129 Å². The maximum atomic E-state index is 12.5. The Bertz CT molecular complexity index is 600. The summed E-state index contributed by atoms with van der Waals surface area (Å²) in [4.78, 5) is 11.1. The molecule has 0 bridgehead atoms. The molecule has 8 heteroatoms. The monoisotopic (exact) mass is 385 g/mol. The van der Waals surface area contributed by atoms with Crippen molar-refractivity contribution >= 4 is 54.9 Å². The van der Waals surface area contributed by atoms with Crippen molar-refractivity contribution in [2.75, 3.05) is 13.1 Å². The van der Waals surface area contributed by atoms with Gasteiger partial charge in [-0.25, -0.2) is 8.42 Å². The molecule has 1 fully saturated rings. The van der Waals surface area contributed by atoms with Crippen LogP contribution < -0.4 is 0 Å². The summed E-state index contributed by atoms with van der Waals surface area (Å²) < 4.78 is 26.8. The van der Waals surface area contributed by atoms with E-state index < -0.39 is 10.0 Å². The molecule has 0 spiro atoms. The van der Waals surface area contributed by atoms with Crippen LogP contribution in [0, 0.1) is 0 Å². The number of ketones is 1. The van der Waals surface area contributed by atoms with Gasteiger partial charge in [0.05, 0.1) is 10.0 Å². The number of piperidine rings is 1. The van der Waals surface area contributed by atoms with Gasteiger partial charge in [-0.2, -0.15) is 4.31 Å². The van der Waals surface area contributed by atoms with Crippen molar-refractivity contribution in [3.05, 3.63) is 26.7 Å². The number of benzene rings is 1. The van der Waals surface area contributed by atoms with Crippen LogP contribution in [0.25, 0.3) is 0 Å². The predicted octanol–water partition coefficient (Wildman–Crippen LogP) is 3.11. The lowest BCUT2D eigenvalue weighted by molar-refractivity contribution is -0.120. The lowest BCUT2D eigenvalue weighted by Gasteiger charge is -2.26. The van der Waals surface area contributed by atoms with Crippen LogP contribution in [0.1, 0.15) is 12.8 Å². The van der Waals surface area contributed by atoms with E-state index in [2.05, 4.69) is 15.9 Å². The summed E-state index contributed by atoms with van der Waals surface area (Å²) in [5.74, 6) is 0.0689. The van der Waals surface area contributed by atoms with Crippen LogP contribution in [-0.4, -0.2) is 31.6 Å². The Morgan fingerprint density at radius 1 is 1.11 bits per heavy atom. The number of sulfonamides is 1. The van der Waals surface area contributed by atoms with E-state index in [1.807, 2.05) is 0 Å². The maximum absolute atomic E-state index is 12.5. The highest BCUT2D eigenvalue weighted by atomic mass is 79.9. The highest BCUT2D eigenvalue weighted by Gasteiger charge is 2.32. The first-order chi connectivity index (χ1) is 8.82. The molecule has 1 heterocycles. The van der Waals surface area contributed by atoms with Gasteiger partial charge in [0.2, 0.25) is 10.0 Å². The number of halogens is 3. The fourth-order valence-corrected chi connectivity index (χ4v) is 5.21. The van der Waals surface area contributed by atoms with Crippen molar-refractivity contribution in [1.82, 2.24) is 4.31 Å². The van der Waals surface area contributed by atoms with Crippen LogP contribution in [0.3, 0.4) is 0 Å². The van der Waals surface area contributed by atoms with Gasteiger partial charge in [0.1, 0.15) is 10.7 Å². The van der Waals surface area contributed by atoms with Crippen LogP contribution in [0.2, 0.25) is 10.0 Å². The molecule has 1 aliphatic rings. The fourth-order valence-electron chi connectivity index (χ4n) is 1.88. The second-order valence-electron chi connectivity index (χ2n) is 4.14. The van der Waals surface area contributed by atoms with Crippen LogP contribution >= 0.6 is 39.1 Å². The molecule has 1 aromatic carbocycles. The van der Waals surface area contributed by atoms with Crippen molar-refractivity contribution in [2.24, 2.45) is 0 Å². The van der Waals surface area contributed by atoms with Crippen molar-refractivity contribution in [1.29, 1.82) is 0 Å². The molecule has 104 valence electrons. The summed E-state index contributed by atoms with van der Waals surface area (Å²) in [5.41, 5.74) is 0. The van der Waals surface area contributed by atoms with Crippen LogP contribution in [-0.2, 0) is 14.8 Å². The second kappa shape index (κ2) is 5.69. The number of rotatable bonds is 2. The number of hydrogen-bond acceptors (Lipinski definition) is 3. The standard InChI is InChI=1S/C11H10BrCl2NO3S/c12-7-5-9(13)11(10(14)6-7)19(17,18)15-3-1-8(16)2-4-15/h5-6H,1-4H2. The second-order valence-corrected chi connectivity index (χ2v) is 7.75. The Hall–Kier alpha value is -0.140. The highest BCUT2D eigenvalue weighted by Crippen LogP contribution is 2.35. The van der Waals surface area contributed by atoms with E-state index in [1.165, 1.54) is 16.4 Å². The Kier molecular flexibility index (Phi) is 4.57. The zero-order valence-corrected chi connectivity index (χ0v) is 13.6. The Morgan fingerprint density at radius 2 is 1.58 bits per heavy atom. The summed E-state index contributed by atoms with van der Waals surface area (Å²) in [5, 5.41) is 0.132. The molecule has 2 rings (SSSR count). The van der Waals surface area contributed by atoms with Gasteiger partial charge in [0, 0.05) is 30.4 Å². The molecule has 0 aliphatic carbocycles. The summed E-state index contributed by atoms with van der Waals surface area (Å²) in [6.45, 7) is 0.341. The first-order valence-corrected chi connectivity index (χ1v) is 8.47. The average molecular weight is 387 g/mol. The molecule has 4 nitrogen and oxygen atoms in total. The van der Waals surface area contributed by atoms with E-state index in [-0.39, 0.29) is 46.7 Å². The summed E-state index contributed by atoms with van der Waals surface area (Å²) in [7, 11) is -3.77. The quantitative estimate of drug-likeness (QED) is 0.784. The normalized spacial score (nSPS) is 17.7. The zero-order chi connectivity index (χ0) is 14.2. The van der Waals surface area contributed by atoms with Crippen LogP contribution in [0.4, 0.5) is 0 Å². The molecule has 1 aromatic rings. The number of Topliss-reactive ketones (excluding diaryl/α,β-unsaturated/α-hetero) is 1. The summed E-state index contributed by atoms with van der Waals surface area (Å²) >= 11 is 15.2. The van der Waals surface area contributed by atoms with E-state index >= 15 is 0 Å². The first kappa shape index (κ1) is 15.3. The van der Waals surface area contributed by atoms with Gasteiger partial charge in [-0.3, -0.25) is 4.79 Å². The third-order valence-electron chi connectivity index (χ3n) is 2.84. The third-order valence-corrected chi connectivity index (χ3v) is 6.12. The Morgan fingerprint density at radius 3 is 2.05 bits per heavy atom. The van der Waals surface area contributed by atoms with Crippen molar-refractivity contribution in [3.63, 3.8) is 0 Å². The van der Waals surface area contributed by atoms with Gasteiger partial charge in [-0.05, 0) is 12.1 Å². The number of carbonyl (C=O) groups is 1. The van der Waals surface area contributed by atoms with E-state index in [9.17, 15) is 13.2 Å². The topological polar surface area (TPSA) is 54.5 Å². The van der Waals surface area contributed by atoms with Gasteiger partial charge in [-0.1, -0.05) is 39.1 Å². The van der Waals surface area contributed by atoms with E-state index in [4.69, 9.17) is 23.2 Å². The number of hydrogen-bond donors (Lipinski definition) is 0. The summed E-state index contributed by atoms with van der Waals surface area (Å²) in [6.07, 6.45) is 0.454. The minimum Gasteiger partial charge on any atom is -0.300 e. The summed E-state index contributed by atoms with van der Waals surface area (Å²) in [6, 6.07) is 2.96. The lowest BCUT2D eigenvalue weighted by atomic mass is 10.1. The van der Waals surface area contributed by atoms with Crippen molar-refractivity contribution in [2.45, 2.75) is 17.7 Å². The maximum Gasteiger partial charge on any atom is 0.246 e. The largest absolute Gasteiger partial charge is 0.300 e. The number of carbonyl (C=O) groups excluding carboxylic acids is 1. The number of nitrogens with zero attached hydrogens (tertiary/aromatic N) is 1. The van der Waals surface area contributed by atoms with E-state index in [1.54, 1.807) is 0 Å². The molecule has 19 heavy (non-hydrogen) atoms. The predicted molar refractivity (Wildman–Crippen MR) is 77.2 cm³/mol. The minimum atomic E-state index is -3.77. The zero-order valence-electron chi connectivity index (χ0n) is 9.70. The minimum absolute atomic E-state index is 0.0660. The molecule has 0 N–H and O–H groups in total. The van der Waals surface area contributed by atoms with E-state index in [0.717, 1.165) is 0 Å². The molecule has 1 aliphatic heterocycles. The molecule has 0 atom stereocenters. The first-order valence-electron chi connectivity index (χ1n) is 5.49. The molecule has 0 saturated carbocycles. The van der Waals surface area contributed by atoms with Crippen molar-refractivity contribution < 1.29 is 13.2 Å². The molecule has 1 saturated heterocycles. The smallest absolute Gasteiger partial charge is 0.246 e. The molecule has 0 radical (unpaired) electrons. The van der Waals surface area contributed by atoms with Crippen LogP contribution in [0.15, 0.2) is 21.5 Å². The molecular formula is C11H10BrCl2NO3S. The third kappa shape index (κ3) is 3.13. The van der Waals surface area contributed by atoms with E-state index in [0.29, 0.717) is 4.47 Å². The highest BCUT2D eigenvalue weighted by molar-refractivity contribution is 9.10. The molecule has 0 unspecified atom stereocenters. The van der Waals surface area contributed by atoms with Gasteiger partial charge in [0.15, 0.2) is 0 Å². The van der Waals surface area contributed by atoms with Crippen LogP contribution in [0.5, 0.6) is 0 Å². The fraction of sp³-hybridized carbons (Fsp3) is 0.364. The lowest BCUT2D eigenvalue weighted by Crippen LogP contribution is -2.38. The van der Waals surface area contributed by atoms with Crippen molar-refractivity contribution in [3.8, 4) is 0 Å². The van der Waals surface area contributed by atoms with Gasteiger partial charge >= 0.3 is 0 Å². The van der Waals surface area contributed by atoms with Gasteiger partial charge < -0.3 is 0 Å². The molecule has 0 amide bonds. The molecular weight excluding hydrogens is 377 g/mol. The molecule has 0 aromatic heterocycles.